The lowest BCUT2D eigenvalue weighted by atomic mass is 10.1. The van der Waals surface area contributed by atoms with E-state index in [2.05, 4.69) is 39.4 Å². The molecule has 0 aromatic carbocycles. The van der Waals surface area contributed by atoms with Crippen LogP contribution < -0.4 is 15.4 Å². The van der Waals surface area contributed by atoms with E-state index >= 15 is 0 Å². The van der Waals surface area contributed by atoms with Crippen molar-refractivity contribution in [3.63, 3.8) is 0 Å². The summed E-state index contributed by atoms with van der Waals surface area (Å²) in [5.41, 5.74) is 0. The summed E-state index contributed by atoms with van der Waals surface area (Å²) in [7, 11) is -1.65. The Morgan fingerprint density at radius 2 is 2.07 bits per heavy atom. The number of aryl methyl sites for hydroxylation is 1. The van der Waals surface area contributed by atoms with E-state index < -0.39 is 10.0 Å². The molecule has 1 saturated heterocycles. The second kappa shape index (κ2) is 12.9. The highest BCUT2D eigenvalue weighted by Crippen LogP contribution is 2.16. The molecule has 1 atom stereocenters. The molecule has 0 spiro atoms. The van der Waals surface area contributed by atoms with Gasteiger partial charge in [0.1, 0.15) is 0 Å². The van der Waals surface area contributed by atoms with Gasteiger partial charge in [0.05, 0.1) is 18.4 Å². The first kappa shape index (κ1) is 24.6. The summed E-state index contributed by atoms with van der Waals surface area (Å²) in [6.45, 7) is 4.19. The Kier molecular flexibility index (Phi) is 11.8. The van der Waals surface area contributed by atoms with E-state index in [0.29, 0.717) is 25.6 Å². The van der Waals surface area contributed by atoms with Crippen molar-refractivity contribution in [2.75, 3.05) is 32.5 Å². The van der Waals surface area contributed by atoms with E-state index in [-0.39, 0.29) is 35.8 Å². The molecule has 0 saturated carbocycles. The Labute approximate surface area is 183 Å². The highest BCUT2D eigenvalue weighted by atomic mass is 127. The van der Waals surface area contributed by atoms with Crippen LogP contribution in [0.2, 0.25) is 0 Å². The fourth-order valence-electron chi connectivity index (χ4n) is 2.66. The van der Waals surface area contributed by atoms with Gasteiger partial charge in [-0.1, -0.05) is 6.92 Å². The standard InChI is InChI=1S/C17H30N4O3S2.HI/c1-3-15-7-8-16(25-15)13-20-17(18-2)19-9-11-26(22,23)21-12-14-6-4-5-10-24-14;/h7-8,14,21H,3-6,9-13H2,1-2H3,(H2,18,19,20);1H. The van der Waals surface area contributed by atoms with Crippen LogP contribution in [0.5, 0.6) is 0 Å². The topological polar surface area (TPSA) is 91.8 Å². The molecule has 1 unspecified atom stereocenters. The number of ether oxygens (including phenoxy) is 1. The molecule has 1 aromatic rings. The molecule has 27 heavy (non-hydrogen) atoms. The number of hydrogen-bond acceptors (Lipinski definition) is 5. The normalized spacial score (nSPS) is 18.0. The first-order valence-corrected chi connectivity index (χ1v) is 11.6. The SMILES string of the molecule is CCc1ccc(CNC(=NC)NCCS(=O)(=O)NCC2CCCCO2)s1.I. The van der Waals surface area contributed by atoms with Gasteiger partial charge in [-0.15, -0.1) is 35.3 Å². The van der Waals surface area contributed by atoms with Crippen molar-refractivity contribution in [2.45, 2.75) is 45.3 Å². The van der Waals surface area contributed by atoms with Gasteiger partial charge in [0.15, 0.2) is 5.96 Å². The Balaban J connectivity index is 0.00000364. The van der Waals surface area contributed by atoms with E-state index in [0.717, 1.165) is 32.3 Å². The summed E-state index contributed by atoms with van der Waals surface area (Å²) in [6.07, 6.45) is 4.11. The van der Waals surface area contributed by atoms with Crippen LogP contribution in [-0.4, -0.2) is 53.0 Å². The first-order chi connectivity index (χ1) is 12.5. The first-order valence-electron chi connectivity index (χ1n) is 9.13. The quantitative estimate of drug-likeness (QED) is 0.259. The van der Waals surface area contributed by atoms with Gasteiger partial charge >= 0.3 is 0 Å². The van der Waals surface area contributed by atoms with Crippen molar-refractivity contribution in [1.82, 2.24) is 15.4 Å². The zero-order chi connectivity index (χ0) is 18.8. The Morgan fingerprint density at radius 1 is 1.30 bits per heavy atom. The highest BCUT2D eigenvalue weighted by Gasteiger charge is 2.17. The summed E-state index contributed by atoms with van der Waals surface area (Å²) in [4.78, 5) is 6.71. The van der Waals surface area contributed by atoms with E-state index in [1.165, 1.54) is 9.75 Å². The van der Waals surface area contributed by atoms with Gasteiger partial charge in [-0.2, -0.15) is 0 Å². The minimum absolute atomic E-state index is 0. The molecule has 0 amide bonds. The van der Waals surface area contributed by atoms with Crippen molar-refractivity contribution in [3.8, 4) is 0 Å². The lowest BCUT2D eigenvalue weighted by Gasteiger charge is -2.22. The minimum atomic E-state index is -3.33. The summed E-state index contributed by atoms with van der Waals surface area (Å²) in [6, 6.07) is 4.23. The van der Waals surface area contributed by atoms with E-state index in [1.807, 2.05) is 0 Å². The Morgan fingerprint density at radius 3 is 2.70 bits per heavy atom. The molecule has 2 rings (SSSR count). The van der Waals surface area contributed by atoms with Crippen LogP contribution in [0, 0.1) is 0 Å². The Bertz CT molecular complexity index is 673. The van der Waals surface area contributed by atoms with Crippen LogP contribution in [0.4, 0.5) is 0 Å². The largest absolute Gasteiger partial charge is 0.377 e. The monoisotopic (exact) mass is 530 g/mol. The average molecular weight is 530 g/mol. The number of rotatable bonds is 9. The maximum absolute atomic E-state index is 12.1. The molecule has 1 aliphatic heterocycles. The lowest BCUT2D eigenvalue weighted by Crippen LogP contribution is -2.42. The van der Waals surface area contributed by atoms with Gasteiger partial charge < -0.3 is 15.4 Å². The summed E-state index contributed by atoms with van der Waals surface area (Å²) < 4.78 is 32.4. The maximum atomic E-state index is 12.1. The molecule has 10 heteroatoms. The third-order valence-corrected chi connectivity index (χ3v) is 6.77. The van der Waals surface area contributed by atoms with Crippen molar-refractivity contribution in [1.29, 1.82) is 0 Å². The summed E-state index contributed by atoms with van der Waals surface area (Å²) >= 11 is 1.77. The van der Waals surface area contributed by atoms with Crippen LogP contribution in [0.15, 0.2) is 17.1 Å². The number of guanidine groups is 1. The van der Waals surface area contributed by atoms with Gasteiger partial charge in [-0.3, -0.25) is 4.99 Å². The smallest absolute Gasteiger partial charge is 0.213 e. The molecule has 1 aromatic heterocycles. The predicted molar refractivity (Wildman–Crippen MR) is 123 cm³/mol. The molecule has 2 heterocycles. The van der Waals surface area contributed by atoms with Gasteiger partial charge in [0.2, 0.25) is 10.0 Å². The van der Waals surface area contributed by atoms with Crippen LogP contribution in [0.25, 0.3) is 0 Å². The second-order valence-electron chi connectivity index (χ2n) is 6.23. The van der Waals surface area contributed by atoms with Crippen molar-refractivity contribution in [3.05, 3.63) is 21.9 Å². The number of hydrogen-bond donors (Lipinski definition) is 3. The minimum Gasteiger partial charge on any atom is -0.377 e. The van der Waals surface area contributed by atoms with Gasteiger partial charge in [-0.25, -0.2) is 13.1 Å². The fourth-order valence-corrected chi connectivity index (χ4v) is 4.52. The van der Waals surface area contributed by atoms with Gasteiger partial charge in [-0.05, 0) is 37.8 Å². The van der Waals surface area contributed by atoms with Crippen LogP contribution in [0.1, 0.15) is 35.9 Å². The molecule has 3 N–H and O–H groups in total. The second-order valence-corrected chi connectivity index (χ2v) is 9.41. The van der Waals surface area contributed by atoms with E-state index in [9.17, 15) is 8.42 Å². The van der Waals surface area contributed by atoms with Crippen molar-refractivity contribution < 1.29 is 13.2 Å². The number of aliphatic imine (C=N–C) groups is 1. The Hall–Kier alpha value is -0.430. The molecule has 1 aliphatic rings. The molecular weight excluding hydrogens is 499 g/mol. The number of thiophene rings is 1. The third kappa shape index (κ3) is 9.55. The molecule has 156 valence electrons. The predicted octanol–water partition coefficient (Wildman–Crippen LogP) is 2.08. The molecule has 1 fully saturated rings. The van der Waals surface area contributed by atoms with E-state index in [4.69, 9.17) is 4.74 Å². The maximum Gasteiger partial charge on any atom is 0.213 e. The molecule has 0 radical (unpaired) electrons. The number of nitrogens with one attached hydrogen (secondary N) is 3. The van der Waals surface area contributed by atoms with Crippen LogP contribution in [0.3, 0.4) is 0 Å². The van der Waals surface area contributed by atoms with Crippen LogP contribution in [-0.2, 0) is 27.7 Å². The van der Waals surface area contributed by atoms with Gasteiger partial charge in [0.25, 0.3) is 0 Å². The third-order valence-electron chi connectivity index (χ3n) is 4.19. The molecule has 0 aliphatic carbocycles. The zero-order valence-electron chi connectivity index (χ0n) is 16.0. The van der Waals surface area contributed by atoms with Crippen molar-refractivity contribution >= 4 is 51.3 Å². The highest BCUT2D eigenvalue weighted by molar-refractivity contribution is 14.0. The molecule has 7 nitrogen and oxygen atoms in total. The number of nitrogens with zero attached hydrogens (tertiary/aromatic N) is 1. The molecular formula is C17H31IN4O3S2. The lowest BCUT2D eigenvalue weighted by molar-refractivity contribution is 0.0200. The zero-order valence-corrected chi connectivity index (χ0v) is 20.0. The van der Waals surface area contributed by atoms with Crippen LogP contribution >= 0.6 is 35.3 Å². The fraction of sp³-hybridized carbons (Fsp3) is 0.706. The van der Waals surface area contributed by atoms with Crippen molar-refractivity contribution in [2.24, 2.45) is 4.99 Å². The van der Waals surface area contributed by atoms with E-state index in [1.54, 1.807) is 18.4 Å². The summed E-state index contributed by atoms with van der Waals surface area (Å²) in [5, 5.41) is 6.25. The average Bonchev–Trinajstić information content (AvgIpc) is 3.12. The number of sulfonamides is 1. The van der Waals surface area contributed by atoms with Gasteiger partial charge in [0, 0.05) is 36.5 Å². The molecule has 0 bridgehead atoms. The summed E-state index contributed by atoms with van der Waals surface area (Å²) in [5.74, 6) is 0.599. The number of halogens is 1.